The lowest BCUT2D eigenvalue weighted by Crippen LogP contribution is -2.39. The Balaban J connectivity index is 1.39. The number of nitrogens with zero attached hydrogens (tertiary/aromatic N) is 4. The summed E-state index contributed by atoms with van der Waals surface area (Å²) in [7, 11) is 3.73. The van der Waals surface area contributed by atoms with Crippen LogP contribution in [-0.4, -0.2) is 59.5 Å². The van der Waals surface area contributed by atoms with Crippen LogP contribution in [0.1, 0.15) is 41.5 Å². The molecule has 0 N–H and O–H groups in total. The lowest BCUT2D eigenvalue weighted by Gasteiger charge is -2.29. The van der Waals surface area contributed by atoms with Crippen LogP contribution in [0.15, 0.2) is 24.4 Å². The normalized spacial score (nSPS) is 19.1. The average Bonchev–Trinajstić information content (AvgIpc) is 3.17. The molecule has 1 atom stereocenters. The number of methoxy groups -OCH3 is 1. The molecule has 0 unspecified atom stereocenters. The second kappa shape index (κ2) is 8.37. The maximum absolute atomic E-state index is 12.7. The highest BCUT2D eigenvalue weighted by Gasteiger charge is 2.28. The van der Waals surface area contributed by atoms with Crippen LogP contribution in [0.4, 0.5) is 0 Å². The van der Waals surface area contributed by atoms with E-state index in [9.17, 15) is 4.79 Å². The van der Waals surface area contributed by atoms with E-state index >= 15 is 0 Å². The first-order valence-corrected chi connectivity index (χ1v) is 10.2. The van der Waals surface area contributed by atoms with Gasteiger partial charge in [0.25, 0.3) is 5.91 Å². The molecule has 1 saturated heterocycles. The van der Waals surface area contributed by atoms with Crippen LogP contribution in [0.3, 0.4) is 0 Å². The molecular formula is C22H28N4O3. The highest BCUT2D eigenvalue weighted by Crippen LogP contribution is 2.30. The summed E-state index contributed by atoms with van der Waals surface area (Å²) in [5.41, 5.74) is 3.18. The van der Waals surface area contributed by atoms with Crippen LogP contribution in [0.25, 0.3) is 0 Å². The first-order valence-electron chi connectivity index (χ1n) is 10.2. The van der Waals surface area contributed by atoms with Crippen molar-refractivity contribution in [2.24, 2.45) is 0 Å². The van der Waals surface area contributed by atoms with E-state index in [1.54, 1.807) is 7.11 Å². The van der Waals surface area contributed by atoms with Gasteiger partial charge in [-0.2, -0.15) is 0 Å². The van der Waals surface area contributed by atoms with Crippen molar-refractivity contribution in [3.63, 3.8) is 0 Å². The number of likely N-dealkylation sites (tertiary alicyclic amines) is 1. The summed E-state index contributed by atoms with van der Waals surface area (Å²) in [6.07, 6.45) is 4.95. The minimum absolute atomic E-state index is 0.0133. The zero-order valence-corrected chi connectivity index (χ0v) is 17.4. The number of carbonyl (C=O) groups excluding carboxylic acids is 1. The van der Waals surface area contributed by atoms with Crippen molar-refractivity contribution in [3.8, 4) is 11.5 Å². The molecule has 0 aliphatic carbocycles. The monoisotopic (exact) mass is 396 g/mol. The SMILES string of the molecule is COc1cc(C)ccc1OCC(=O)N1CCc2nc([C@@H]3CCCN3C)ncc2C1. The van der Waals surface area contributed by atoms with Crippen molar-refractivity contribution in [3.05, 3.63) is 47.0 Å². The van der Waals surface area contributed by atoms with Crippen LogP contribution in [0.5, 0.6) is 11.5 Å². The molecule has 29 heavy (non-hydrogen) atoms. The molecule has 1 aromatic carbocycles. The Hall–Kier alpha value is -2.67. The molecule has 1 fully saturated rings. The molecule has 4 rings (SSSR count). The van der Waals surface area contributed by atoms with Crippen LogP contribution in [0, 0.1) is 6.92 Å². The van der Waals surface area contributed by atoms with E-state index in [-0.39, 0.29) is 12.5 Å². The van der Waals surface area contributed by atoms with E-state index in [2.05, 4.69) is 16.9 Å². The number of carbonyl (C=O) groups is 1. The second-order valence-corrected chi connectivity index (χ2v) is 7.85. The third-order valence-corrected chi connectivity index (χ3v) is 5.79. The van der Waals surface area contributed by atoms with Gasteiger partial charge in [0.2, 0.25) is 0 Å². The third kappa shape index (κ3) is 4.19. The molecule has 0 radical (unpaired) electrons. The number of rotatable bonds is 5. The summed E-state index contributed by atoms with van der Waals surface area (Å²) in [6, 6.07) is 5.99. The predicted octanol–water partition coefficient (Wildman–Crippen LogP) is 2.52. The third-order valence-electron chi connectivity index (χ3n) is 5.79. The van der Waals surface area contributed by atoms with Gasteiger partial charge in [0.1, 0.15) is 5.82 Å². The Kier molecular flexibility index (Phi) is 5.67. The lowest BCUT2D eigenvalue weighted by molar-refractivity contribution is -0.134. The summed E-state index contributed by atoms with van der Waals surface area (Å²) in [5, 5.41) is 0. The smallest absolute Gasteiger partial charge is 0.260 e. The van der Waals surface area contributed by atoms with Crippen LogP contribution < -0.4 is 9.47 Å². The van der Waals surface area contributed by atoms with E-state index in [1.165, 1.54) is 6.42 Å². The fourth-order valence-corrected chi connectivity index (χ4v) is 4.07. The van der Waals surface area contributed by atoms with E-state index in [0.717, 1.165) is 42.0 Å². The summed E-state index contributed by atoms with van der Waals surface area (Å²) in [5.74, 6) is 2.09. The number of ether oxygens (including phenoxy) is 2. The van der Waals surface area contributed by atoms with Gasteiger partial charge in [-0.1, -0.05) is 6.07 Å². The van der Waals surface area contributed by atoms with Crippen LogP contribution in [-0.2, 0) is 17.8 Å². The number of hydrogen-bond donors (Lipinski definition) is 0. The fraction of sp³-hybridized carbons (Fsp3) is 0.500. The summed E-state index contributed by atoms with van der Waals surface area (Å²) >= 11 is 0. The largest absolute Gasteiger partial charge is 0.493 e. The predicted molar refractivity (Wildman–Crippen MR) is 109 cm³/mol. The topological polar surface area (TPSA) is 67.8 Å². The highest BCUT2D eigenvalue weighted by atomic mass is 16.5. The van der Waals surface area contributed by atoms with Crippen molar-refractivity contribution in [2.75, 3.05) is 33.9 Å². The Labute approximate surface area is 171 Å². The first-order chi connectivity index (χ1) is 14.0. The Morgan fingerprint density at radius 2 is 2.14 bits per heavy atom. The van der Waals surface area contributed by atoms with Gasteiger partial charge in [-0.15, -0.1) is 0 Å². The summed E-state index contributed by atoms with van der Waals surface area (Å²) in [4.78, 5) is 26.2. The van der Waals surface area contributed by atoms with Crippen molar-refractivity contribution in [1.29, 1.82) is 0 Å². The molecule has 2 aromatic rings. The number of fused-ring (bicyclic) bond motifs is 1. The van der Waals surface area contributed by atoms with Crippen molar-refractivity contribution < 1.29 is 14.3 Å². The molecule has 0 spiro atoms. The standard InChI is InChI=1S/C22H28N4O3/c1-15-6-7-19(20(11-15)28-3)29-14-21(27)26-10-8-17-16(13-26)12-23-22(24-17)18-5-4-9-25(18)2/h6-7,11-12,18H,4-5,8-10,13-14H2,1-3H3/t18-/m0/s1. The van der Waals surface area contributed by atoms with Crippen molar-refractivity contribution >= 4 is 5.91 Å². The number of hydrogen-bond acceptors (Lipinski definition) is 6. The zero-order valence-electron chi connectivity index (χ0n) is 17.4. The van der Waals surface area contributed by atoms with Crippen molar-refractivity contribution in [2.45, 2.75) is 38.8 Å². The quantitative estimate of drug-likeness (QED) is 0.774. The Morgan fingerprint density at radius 3 is 2.90 bits per heavy atom. The first kappa shape index (κ1) is 19.6. The zero-order chi connectivity index (χ0) is 20.4. The van der Waals surface area contributed by atoms with Gasteiger partial charge >= 0.3 is 0 Å². The van der Waals surface area contributed by atoms with Gasteiger partial charge in [-0.05, 0) is 51.1 Å². The fourth-order valence-electron chi connectivity index (χ4n) is 4.07. The highest BCUT2D eigenvalue weighted by molar-refractivity contribution is 5.78. The number of aromatic nitrogens is 2. The maximum atomic E-state index is 12.7. The number of benzene rings is 1. The van der Waals surface area contributed by atoms with Crippen LogP contribution in [0.2, 0.25) is 0 Å². The molecule has 7 nitrogen and oxygen atoms in total. The molecule has 1 amide bonds. The molecule has 154 valence electrons. The Bertz CT molecular complexity index is 902. The van der Waals surface area contributed by atoms with Gasteiger partial charge in [0.15, 0.2) is 18.1 Å². The van der Waals surface area contributed by atoms with Crippen LogP contribution >= 0.6 is 0 Å². The van der Waals surface area contributed by atoms with E-state index < -0.39 is 0 Å². The molecular weight excluding hydrogens is 368 g/mol. The molecule has 3 heterocycles. The Morgan fingerprint density at radius 1 is 1.28 bits per heavy atom. The summed E-state index contributed by atoms with van der Waals surface area (Å²) < 4.78 is 11.1. The van der Waals surface area contributed by atoms with Gasteiger partial charge in [-0.25, -0.2) is 9.97 Å². The van der Waals surface area contributed by atoms with E-state index in [4.69, 9.17) is 14.5 Å². The van der Waals surface area contributed by atoms with Gasteiger partial charge in [-0.3, -0.25) is 9.69 Å². The molecule has 0 saturated carbocycles. The average molecular weight is 396 g/mol. The maximum Gasteiger partial charge on any atom is 0.260 e. The summed E-state index contributed by atoms with van der Waals surface area (Å²) in [6.45, 7) is 4.25. The van der Waals surface area contributed by atoms with Gasteiger partial charge in [0.05, 0.1) is 18.8 Å². The van der Waals surface area contributed by atoms with Gasteiger partial charge < -0.3 is 14.4 Å². The van der Waals surface area contributed by atoms with Crippen molar-refractivity contribution in [1.82, 2.24) is 19.8 Å². The molecule has 0 bridgehead atoms. The van der Waals surface area contributed by atoms with E-state index in [1.807, 2.05) is 36.2 Å². The molecule has 2 aliphatic rings. The lowest BCUT2D eigenvalue weighted by atomic mass is 10.1. The molecule has 2 aliphatic heterocycles. The van der Waals surface area contributed by atoms with E-state index in [0.29, 0.717) is 30.6 Å². The molecule has 7 heteroatoms. The molecule has 1 aromatic heterocycles. The number of amides is 1. The minimum Gasteiger partial charge on any atom is -0.493 e. The minimum atomic E-state index is -0.0436. The number of aryl methyl sites for hydroxylation is 1. The second-order valence-electron chi connectivity index (χ2n) is 7.85. The van der Waals surface area contributed by atoms with Gasteiger partial charge in [0, 0.05) is 31.3 Å².